The lowest BCUT2D eigenvalue weighted by Crippen LogP contribution is -1.87. The van der Waals surface area contributed by atoms with Gasteiger partial charge in [0.25, 0.3) is 0 Å². The molecular formula is C39H80IP9. The smallest absolute Gasteiger partial charge is 0.0307 e. The average Bonchev–Trinajstić information content (AvgIpc) is 3.06. The summed E-state index contributed by atoms with van der Waals surface area (Å²) < 4.78 is 0. The van der Waals surface area contributed by atoms with E-state index in [1.165, 1.54) is 56.5 Å². The quantitative estimate of drug-likeness (QED) is 0.126. The van der Waals surface area contributed by atoms with Crippen LogP contribution in [0.2, 0.25) is 0 Å². The van der Waals surface area contributed by atoms with E-state index < -0.39 is 0 Å². The Balaban J connectivity index is -0.0000000899. The SMILES string of the molecule is C.C=C.CCC.CCc1cc(C)cc(CC)c1.CCc1cc(C)cc(CC)c1.CCc1cc(C)cc(CC)c1.I.P.PP.PP(P)P(P)P. The van der Waals surface area contributed by atoms with Crippen molar-refractivity contribution in [1.29, 1.82) is 0 Å². The van der Waals surface area contributed by atoms with Crippen LogP contribution in [0.5, 0.6) is 0 Å². The average molecular weight is 955 g/mol. The van der Waals surface area contributed by atoms with Crippen molar-refractivity contribution in [1.82, 2.24) is 0 Å². The fourth-order valence-corrected chi connectivity index (χ4v) is 4.07. The first-order valence-corrected chi connectivity index (χ1v) is 29.1. The fraction of sp³-hybridized carbons (Fsp3) is 0.487. The number of rotatable bonds is 7. The van der Waals surface area contributed by atoms with Crippen LogP contribution in [-0.2, 0) is 38.5 Å². The highest BCUT2D eigenvalue weighted by atomic mass is 127. The minimum Gasteiger partial charge on any atom is -0.153 e. The maximum atomic E-state index is 3.00. The zero-order valence-electron chi connectivity index (χ0n) is 32.5. The highest BCUT2D eigenvalue weighted by Gasteiger charge is 1.96. The van der Waals surface area contributed by atoms with E-state index in [0.29, 0.717) is 0 Å². The third kappa shape index (κ3) is 39.5. The first-order valence-electron chi connectivity index (χ1n) is 16.5. The lowest BCUT2D eigenvalue weighted by Gasteiger charge is -2.06. The Morgan fingerprint density at radius 2 is 0.551 bits per heavy atom. The summed E-state index contributed by atoms with van der Waals surface area (Å²) in [6.07, 6.45) is 8.14. The van der Waals surface area contributed by atoms with Gasteiger partial charge in [-0.05, 0) is 107 Å². The second-order valence-corrected chi connectivity index (χ2v) is 30.3. The summed E-state index contributed by atoms with van der Waals surface area (Å²) in [6, 6.07) is 20.5. The summed E-state index contributed by atoms with van der Waals surface area (Å²) in [5.74, 6) is 0. The van der Waals surface area contributed by atoms with E-state index in [1.807, 2.05) is 0 Å². The molecule has 0 bridgehead atoms. The first-order chi connectivity index (χ1) is 21.8. The van der Waals surface area contributed by atoms with Gasteiger partial charge in [0, 0.05) is 0 Å². The van der Waals surface area contributed by atoms with E-state index in [4.69, 9.17) is 0 Å². The molecule has 0 saturated heterocycles. The van der Waals surface area contributed by atoms with Gasteiger partial charge in [-0.2, -0.15) is 9.90 Å². The Kier molecular flexibility index (Phi) is 62.0. The van der Waals surface area contributed by atoms with Crippen LogP contribution in [0.1, 0.15) is 119 Å². The van der Waals surface area contributed by atoms with E-state index in [2.05, 4.69) is 197 Å². The Labute approximate surface area is 345 Å². The molecular weight excluding hydrogens is 874 g/mol. The lowest BCUT2D eigenvalue weighted by atomic mass is 10.0. The monoisotopic (exact) mass is 954 g/mol. The van der Waals surface area contributed by atoms with Gasteiger partial charge in [-0.3, -0.25) is 0 Å². The summed E-state index contributed by atoms with van der Waals surface area (Å²) >= 11 is 0. The topological polar surface area (TPSA) is 0 Å². The van der Waals surface area contributed by atoms with Gasteiger partial charge in [0.05, 0.1) is 0 Å². The highest BCUT2D eigenvalue weighted by Crippen LogP contribution is 2.86. The molecule has 0 aliphatic carbocycles. The molecule has 7 unspecified atom stereocenters. The minimum atomic E-state index is 0. The molecule has 7 atom stereocenters. The number of hydrogen-bond donors (Lipinski definition) is 0. The highest BCUT2D eigenvalue weighted by molar-refractivity contribution is 14.0. The Morgan fingerprint density at radius 3 is 0.633 bits per heavy atom. The Bertz CT molecular complexity index is 924. The molecule has 0 aromatic heterocycles. The van der Waals surface area contributed by atoms with Crippen molar-refractivity contribution in [2.45, 2.75) is 129 Å². The van der Waals surface area contributed by atoms with Gasteiger partial charge in [0.1, 0.15) is 0 Å². The summed E-state index contributed by atoms with van der Waals surface area (Å²) in [7, 11) is 15.8. The van der Waals surface area contributed by atoms with E-state index in [-0.39, 0.29) is 55.3 Å². The lowest BCUT2D eigenvalue weighted by molar-refractivity contribution is 1.08. The predicted molar refractivity (Wildman–Crippen MR) is 282 cm³/mol. The van der Waals surface area contributed by atoms with Crippen molar-refractivity contribution in [2.24, 2.45) is 0 Å². The summed E-state index contributed by atoms with van der Waals surface area (Å²) in [4.78, 5) is 0. The zero-order chi connectivity index (χ0) is 36.7. The van der Waals surface area contributed by atoms with Crippen molar-refractivity contribution in [3.63, 3.8) is 0 Å². The normalized spacial score (nSPS) is 8.71. The van der Waals surface area contributed by atoms with E-state index in [0.717, 1.165) is 38.5 Å². The molecule has 10 heteroatoms. The summed E-state index contributed by atoms with van der Waals surface area (Å²) in [5, 5.41) is 0. The van der Waals surface area contributed by atoms with Gasteiger partial charge in [-0.1, -0.05) is 141 Å². The van der Waals surface area contributed by atoms with E-state index >= 15 is 0 Å². The minimum absolute atomic E-state index is 0. The molecule has 0 spiro atoms. The van der Waals surface area contributed by atoms with Crippen LogP contribution in [0, 0.1) is 20.8 Å². The molecule has 0 heterocycles. The molecule has 0 radical (unpaired) electrons. The molecule has 0 amide bonds. The molecule has 0 aliphatic heterocycles. The molecule has 49 heavy (non-hydrogen) atoms. The largest absolute Gasteiger partial charge is 0.153 e. The van der Waals surface area contributed by atoms with Crippen molar-refractivity contribution in [2.75, 3.05) is 0 Å². The third-order valence-corrected chi connectivity index (χ3v) is 27.6. The van der Waals surface area contributed by atoms with Crippen molar-refractivity contribution in [3.8, 4) is 0 Å². The molecule has 288 valence electrons. The van der Waals surface area contributed by atoms with Crippen LogP contribution in [0.4, 0.5) is 0 Å². The van der Waals surface area contributed by atoms with Crippen LogP contribution >= 0.6 is 101 Å². The summed E-state index contributed by atoms with van der Waals surface area (Å²) in [5.41, 5.74) is 12.9. The van der Waals surface area contributed by atoms with Crippen molar-refractivity contribution < 1.29 is 0 Å². The third-order valence-electron chi connectivity index (χ3n) is 6.31. The van der Waals surface area contributed by atoms with Gasteiger partial charge in [-0.15, -0.1) is 90.7 Å². The molecule has 0 aliphatic rings. The molecule has 0 N–H and O–H groups in total. The number of hydrogen-bond acceptors (Lipinski definition) is 0. The van der Waals surface area contributed by atoms with Gasteiger partial charge < -0.3 is 0 Å². The van der Waals surface area contributed by atoms with Crippen LogP contribution in [0.3, 0.4) is 0 Å². The zero-order valence-corrected chi connectivity index (χ0v) is 45.0. The molecule has 3 rings (SSSR count). The Morgan fingerprint density at radius 1 is 0.429 bits per heavy atom. The molecule has 0 saturated carbocycles. The van der Waals surface area contributed by atoms with Gasteiger partial charge in [0.15, 0.2) is 0 Å². The second-order valence-electron chi connectivity index (χ2n) is 10.6. The molecule has 3 aromatic carbocycles. The van der Waals surface area contributed by atoms with Gasteiger partial charge >= 0.3 is 0 Å². The number of aryl methyl sites for hydroxylation is 9. The van der Waals surface area contributed by atoms with Crippen LogP contribution in [0.25, 0.3) is 0 Å². The van der Waals surface area contributed by atoms with Crippen molar-refractivity contribution >= 4 is 101 Å². The second kappa shape index (κ2) is 46.2. The maximum Gasteiger partial charge on any atom is -0.0307 e. The van der Waals surface area contributed by atoms with Gasteiger partial charge in [0.2, 0.25) is 0 Å². The number of benzene rings is 3. The first kappa shape index (κ1) is 65.9. The van der Waals surface area contributed by atoms with Crippen LogP contribution < -0.4 is 0 Å². The maximum absolute atomic E-state index is 3.00. The molecule has 3 aromatic rings. The predicted octanol–water partition coefficient (Wildman–Crippen LogP) is 16.6. The van der Waals surface area contributed by atoms with E-state index in [9.17, 15) is 0 Å². The standard InChI is InChI=1S/3C11H16.C3H8.C2H4.CH4.HI.H8P6.H4P2.H3P/c3*1-4-10-6-9(3)7-11(5-2)8-10;1-3-2;1-2;;;1-5(2)6(3)4;1-2;/h3*6-8H,4-5H2,1-3H3;3H2,1-2H3;1-2H2;1H4;1H;1-4H2;1-2H2;1H3. The fourth-order valence-electron chi connectivity index (χ4n) is 4.07. The summed E-state index contributed by atoms with van der Waals surface area (Å²) in [6.45, 7) is 30.3. The van der Waals surface area contributed by atoms with Crippen LogP contribution in [-0.4, -0.2) is 0 Å². The number of halogens is 1. The van der Waals surface area contributed by atoms with E-state index in [1.54, 1.807) is 0 Å². The molecule has 0 nitrogen and oxygen atoms in total. The van der Waals surface area contributed by atoms with Gasteiger partial charge in [-0.25, -0.2) is 0 Å². The van der Waals surface area contributed by atoms with Crippen molar-refractivity contribution in [3.05, 3.63) is 118 Å². The molecule has 0 fully saturated rings. The van der Waals surface area contributed by atoms with Crippen LogP contribution in [0.15, 0.2) is 67.8 Å². The Hall–Kier alpha value is 2.00.